The molecule has 0 aliphatic heterocycles. The topological polar surface area (TPSA) is 59.2 Å². The second kappa shape index (κ2) is 6.92. The molecular formula is C16H11ClF3NO3. The van der Waals surface area contributed by atoms with Crippen LogP contribution in [0.3, 0.4) is 0 Å². The molecule has 2 rings (SSSR count). The van der Waals surface area contributed by atoms with E-state index in [9.17, 15) is 22.8 Å². The van der Waals surface area contributed by atoms with Crippen LogP contribution in [0.25, 0.3) is 6.08 Å². The summed E-state index contributed by atoms with van der Waals surface area (Å²) in [6.45, 7) is 0. The first-order valence-corrected chi connectivity index (χ1v) is 6.96. The summed E-state index contributed by atoms with van der Waals surface area (Å²) in [5, 5.41) is 0.0140. The lowest BCUT2D eigenvalue weighted by Crippen LogP contribution is -2.15. The Morgan fingerprint density at radius 1 is 1.25 bits per heavy atom. The third-order valence-electron chi connectivity index (χ3n) is 3.08. The average Bonchev–Trinajstić information content (AvgIpc) is 2.51. The van der Waals surface area contributed by atoms with Gasteiger partial charge < -0.3 is 9.72 Å². The lowest BCUT2D eigenvalue weighted by atomic mass is 10.1. The molecule has 1 N–H and O–H groups in total. The van der Waals surface area contributed by atoms with Crippen LogP contribution in [0.2, 0.25) is 5.15 Å². The number of carbonyl (C=O) groups excluding carboxylic acids is 1. The monoisotopic (exact) mass is 357 g/mol. The number of hydrogen-bond acceptors (Lipinski definition) is 3. The molecule has 4 nitrogen and oxygen atoms in total. The first-order chi connectivity index (χ1) is 11.2. The van der Waals surface area contributed by atoms with Gasteiger partial charge in [-0.05, 0) is 23.8 Å². The van der Waals surface area contributed by atoms with E-state index in [1.54, 1.807) is 0 Å². The predicted molar refractivity (Wildman–Crippen MR) is 83.4 cm³/mol. The molecule has 0 spiro atoms. The number of pyridine rings is 1. The molecule has 0 saturated carbocycles. The van der Waals surface area contributed by atoms with Crippen LogP contribution in [0.5, 0.6) is 5.88 Å². The molecule has 1 heterocycles. The number of carbonyl (C=O) groups is 1. The number of methoxy groups -OCH3 is 1. The second-order valence-electron chi connectivity index (χ2n) is 4.71. The Morgan fingerprint density at radius 2 is 1.88 bits per heavy atom. The van der Waals surface area contributed by atoms with Gasteiger partial charge in [-0.3, -0.25) is 9.59 Å². The van der Waals surface area contributed by atoms with Crippen molar-refractivity contribution in [2.24, 2.45) is 0 Å². The molecular weight excluding hydrogens is 347 g/mol. The number of benzene rings is 1. The average molecular weight is 358 g/mol. The number of aromatic amines is 1. The van der Waals surface area contributed by atoms with E-state index in [4.69, 9.17) is 16.3 Å². The van der Waals surface area contributed by atoms with Crippen molar-refractivity contribution in [1.29, 1.82) is 0 Å². The van der Waals surface area contributed by atoms with Crippen LogP contribution in [-0.4, -0.2) is 17.9 Å². The molecule has 0 saturated heterocycles. The molecule has 0 radical (unpaired) electrons. The quantitative estimate of drug-likeness (QED) is 0.512. The zero-order valence-corrected chi connectivity index (χ0v) is 13.0. The van der Waals surface area contributed by atoms with Crippen molar-refractivity contribution >= 4 is 23.5 Å². The predicted octanol–water partition coefficient (Wildman–Crippen LogP) is 3.95. The van der Waals surface area contributed by atoms with E-state index in [1.807, 2.05) is 0 Å². The van der Waals surface area contributed by atoms with Crippen LogP contribution in [-0.2, 0) is 6.18 Å². The Morgan fingerprint density at radius 3 is 2.42 bits per heavy atom. The van der Waals surface area contributed by atoms with Crippen molar-refractivity contribution in [1.82, 2.24) is 4.98 Å². The third-order valence-corrected chi connectivity index (χ3v) is 3.28. The van der Waals surface area contributed by atoms with Gasteiger partial charge in [-0.25, -0.2) is 0 Å². The van der Waals surface area contributed by atoms with Crippen molar-refractivity contribution < 1.29 is 22.7 Å². The highest BCUT2D eigenvalue weighted by Crippen LogP contribution is 2.29. The van der Waals surface area contributed by atoms with Crippen molar-refractivity contribution in [2.45, 2.75) is 6.18 Å². The summed E-state index contributed by atoms with van der Waals surface area (Å²) < 4.78 is 42.4. The number of allylic oxidation sites excluding steroid dienone is 1. The molecule has 24 heavy (non-hydrogen) atoms. The maximum atomic E-state index is 12.5. The van der Waals surface area contributed by atoms with E-state index in [2.05, 4.69) is 4.98 Å². The van der Waals surface area contributed by atoms with Gasteiger partial charge in [-0.15, -0.1) is 0 Å². The van der Waals surface area contributed by atoms with E-state index in [0.717, 1.165) is 24.3 Å². The SMILES string of the molecule is COc1[nH]c(Cl)cc(=O)c1C(=O)C=Cc1ccc(C(F)(F)F)cc1. The molecule has 8 heteroatoms. The zero-order chi connectivity index (χ0) is 17.9. The van der Waals surface area contributed by atoms with E-state index in [0.29, 0.717) is 5.56 Å². The smallest absolute Gasteiger partial charge is 0.416 e. The number of hydrogen-bond donors (Lipinski definition) is 1. The number of rotatable bonds is 4. The maximum absolute atomic E-state index is 12.5. The molecule has 0 atom stereocenters. The van der Waals surface area contributed by atoms with Crippen LogP contribution in [0, 0.1) is 0 Å². The number of halogens is 4. The van der Waals surface area contributed by atoms with Crippen LogP contribution >= 0.6 is 11.6 Å². The number of aromatic nitrogens is 1. The van der Waals surface area contributed by atoms with Crippen molar-refractivity contribution in [3.63, 3.8) is 0 Å². The normalized spacial score (nSPS) is 11.7. The van der Waals surface area contributed by atoms with Crippen LogP contribution in [0.1, 0.15) is 21.5 Å². The van der Waals surface area contributed by atoms with E-state index in [1.165, 1.54) is 25.3 Å². The van der Waals surface area contributed by atoms with Crippen LogP contribution < -0.4 is 10.2 Å². The highest BCUT2D eigenvalue weighted by atomic mass is 35.5. The molecule has 0 aliphatic rings. The third kappa shape index (κ3) is 4.05. The highest BCUT2D eigenvalue weighted by molar-refractivity contribution is 6.29. The van der Waals surface area contributed by atoms with Gasteiger partial charge in [-0.1, -0.05) is 29.8 Å². The van der Waals surface area contributed by atoms with Gasteiger partial charge in [0, 0.05) is 6.07 Å². The first kappa shape index (κ1) is 17.8. The minimum Gasteiger partial charge on any atom is -0.482 e. The summed E-state index contributed by atoms with van der Waals surface area (Å²) in [6, 6.07) is 5.27. The summed E-state index contributed by atoms with van der Waals surface area (Å²) in [5.41, 5.74) is -1.29. The van der Waals surface area contributed by atoms with Gasteiger partial charge in [0.1, 0.15) is 10.7 Å². The molecule has 0 amide bonds. The summed E-state index contributed by atoms with van der Waals surface area (Å²) in [6.07, 6.45) is -2.05. The van der Waals surface area contributed by atoms with E-state index < -0.39 is 23.0 Å². The molecule has 0 fully saturated rings. The fourth-order valence-electron chi connectivity index (χ4n) is 1.93. The van der Waals surface area contributed by atoms with Crippen molar-refractivity contribution in [3.8, 4) is 5.88 Å². The van der Waals surface area contributed by atoms with Gasteiger partial charge in [0.25, 0.3) is 0 Å². The Kier molecular flexibility index (Phi) is 5.14. The van der Waals surface area contributed by atoms with E-state index in [-0.39, 0.29) is 16.6 Å². The Labute approximate surface area is 139 Å². The fraction of sp³-hybridized carbons (Fsp3) is 0.125. The fourth-order valence-corrected chi connectivity index (χ4v) is 2.12. The van der Waals surface area contributed by atoms with Gasteiger partial charge >= 0.3 is 6.18 Å². The maximum Gasteiger partial charge on any atom is 0.416 e. The van der Waals surface area contributed by atoms with Gasteiger partial charge in [0.05, 0.1) is 12.7 Å². The van der Waals surface area contributed by atoms with Crippen molar-refractivity contribution in [2.75, 3.05) is 7.11 Å². The first-order valence-electron chi connectivity index (χ1n) is 6.59. The Bertz CT molecular complexity index is 839. The summed E-state index contributed by atoms with van der Waals surface area (Å²) in [7, 11) is 1.26. The summed E-state index contributed by atoms with van der Waals surface area (Å²) >= 11 is 5.67. The Hall–Kier alpha value is -2.54. The lowest BCUT2D eigenvalue weighted by molar-refractivity contribution is -0.137. The van der Waals surface area contributed by atoms with Crippen LogP contribution in [0.15, 0.2) is 41.2 Å². The molecule has 1 aromatic heterocycles. The molecule has 126 valence electrons. The largest absolute Gasteiger partial charge is 0.482 e. The Balaban J connectivity index is 2.27. The standard InChI is InChI=1S/C16H11ClF3NO3/c1-24-15-14(12(23)8-13(17)21-15)11(22)7-4-9-2-5-10(6-3-9)16(18,19)20/h2-8H,1H3,(H,21,23). The molecule has 0 unspecified atom stereocenters. The number of ether oxygens (including phenoxy) is 1. The molecule has 0 bridgehead atoms. The number of ketones is 1. The van der Waals surface area contributed by atoms with Gasteiger partial charge in [0.2, 0.25) is 5.88 Å². The number of nitrogens with one attached hydrogen (secondary N) is 1. The van der Waals surface area contributed by atoms with E-state index >= 15 is 0 Å². The van der Waals surface area contributed by atoms with Gasteiger partial charge in [-0.2, -0.15) is 13.2 Å². The number of H-pyrrole nitrogens is 1. The molecule has 0 aliphatic carbocycles. The van der Waals surface area contributed by atoms with Gasteiger partial charge in [0.15, 0.2) is 11.2 Å². The molecule has 1 aromatic carbocycles. The number of alkyl halides is 3. The highest BCUT2D eigenvalue weighted by Gasteiger charge is 2.29. The van der Waals surface area contributed by atoms with Crippen LogP contribution in [0.4, 0.5) is 13.2 Å². The van der Waals surface area contributed by atoms with Crippen molar-refractivity contribution in [3.05, 3.63) is 68.5 Å². The summed E-state index contributed by atoms with van der Waals surface area (Å²) in [4.78, 5) is 26.5. The minimum absolute atomic E-state index is 0.0140. The minimum atomic E-state index is -4.43. The summed E-state index contributed by atoms with van der Waals surface area (Å²) in [5.74, 6) is -0.751. The molecule has 2 aromatic rings. The zero-order valence-electron chi connectivity index (χ0n) is 12.3. The second-order valence-corrected chi connectivity index (χ2v) is 5.11. The lowest BCUT2D eigenvalue weighted by Gasteiger charge is -2.06.